The first-order chi connectivity index (χ1) is 9.94. The van der Waals surface area contributed by atoms with Crippen LogP contribution in [0.3, 0.4) is 0 Å². The minimum atomic E-state index is -3.45. The fourth-order valence-electron chi connectivity index (χ4n) is 2.22. The molecule has 0 spiro atoms. The highest BCUT2D eigenvalue weighted by Crippen LogP contribution is 2.37. The van der Waals surface area contributed by atoms with E-state index in [0.717, 1.165) is 19.3 Å². The highest BCUT2D eigenvalue weighted by atomic mass is 32.2. The first kappa shape index (κ1) is 14.2. The van der Waals surface area contributed by atoms with Crippen molar-refractivity contribution in [1.82, 2.24) is 14.9 Å². The summed E-state index contributed by atoms with van der Waals surface area (Å²) in [7, 11) is -2.08. The van der Waals surface area contributed by atoms with E-state index in [2.05, 4.69) is 14.9 Å². The van der Waals surface area contributed by atoms with Crippen molar-refractivity contribution in [2.45, 2.75) is 29.7 Å². The van der Waals surface area contributed by atoms with E-state index >= 15 is 0 Å². The third-order valence-electron chi connectivity index (χ3n) is 3.80. The molecule has 0 atom stereocenters. The van der Waals surface area contributed by atoms with Gasteiger partial charge in [-0.2, -0.15) is 4.98 Å². The molecule has 1 aliphatic carbocycles. The summed E-state index contributed by atoms with van der Waals surface area (Å²) >= 11 is 0. The van der Waals surface area contributed by atoms with Gasteiger partial charge in [-0.15, -0.1) is 0 Å². The lowest BCUT2D eigenvalue weighted by Crippen LogP contribution is -2.44. The molecule has 1 heterocycles. The molecular formula is C13H16N4O3S. The summed E-state index contributed by atoms with van der Waals surface area (Å²) in [4.78, 5) is 4.50. The Morgan fingerprint density at radius 2 is 1.95 bits per heavy atom. The van der Waals surface area contributed by atoms with E-state index in [-0.39, 0.29) is 4.90 Å². The number of hydrogen-bond acceptors (Lipinski definition) is 6. The van der Waals surface area contributed by atoms with Crippen molar-refractivity contribution < 1.29 is 12.9 Å². The summed E-state index contributed by atoms with van der Waals surface area (Å²) in [6.07, 6.45) is 2.77. The molecule has 0 bridgehead atoms. The van der Waals surface area contributed by atoms with Crippen LogP contribution in [-0.2, 0) is 15.6 Å². The van der Waals surface area contributed by atoms with Crippen LogP contribution in [0.4, 0.5) is 0 Å². The number of sulfonamides is 1. The largest absolute Gasteiger partial charge is 0.334 e. The maximum absolute atomic E-state index is 11.7. The van der Waals surface area contributed by atoms with Gasteiger partial charge >= 0.3 is 0 Å². The van der Waals surface area contributed by atoms with Crippen molar-refractivity contribution in [3.8, 4) is 11.5 Å². The van der Waals surface area contributed by atoms with E-state index in [0.29, 0.717) is 17.3 Å². The van der Waals surface area contributed by atoms with Crippen LogP contribution >= 0.6 is 0 Å². The lowest BCUT2D eigenvalue weighted by Gasteiger charge is -2.34. The zero-order valence-corrected chi connectivity index (χ0v) is 12.4. The number of hydrogen-bond donors (Lipinski definition) is 2. The van der Waals surface area contributed by atoms with Crippen molar-refractivity contribution in [3.63, 3.8) is 0 Å². The summed E-state index contributed by atoms with van der Waals surface area (Å²) in [6.45, 7) is 0. The number of aromatic nitrogens is 2. The van der Waals surface area contributed by atoms with E-state index in [1.807, 2.05) is 0 Å². The van der Waals surface area contributed by atoms with Crippen LogP contribution in [0, 0.1) is 0 Å². The molecule has 1 saturated carbocycles. The van der Waals surface area contributed by atoms with Crippen LogP contribution in [0.15, 0.2) is 33.7 Å². The average molecular weight is 308 g/mol. The van der Waals surface area contributed by atoms with Crippen LogP contribution in [-0.4, -0.2) is 25.6 Å². The third-order valence-corrected chi connectivity index (χ3v) is 5.23. The third kappa shape index (κ3) is 2.45. The van der Waals surface area contributed by atoms with Gasteiger partial charge in [0.15, 0.2) is 5.82 Å². The monoisotopic (exact) mass is 308 g/mol. The van der Waals surface area contributed by atoms with Gasteiger partial charge in [0.05, 0.1) is 10.4 Å². The summed E-state index contributed by atoms with van der Waals surface area (Å²) in [5.41, 5.74) is 6.33. The molecule has 21 heavy (non-hydrogen) atoms. The van der Waals surface area contributed by atoms with E-state index < -0.39 is 15.6 Å². The Labute approximate surface area is 122 Å². The molecule has 0 aliphatic heterocycles. The molecule has 1 aromatic heterocycles. The van der Waals surface area contributed by atoms with Crippen LogP contribution < -0.4 is 10.5 Å². The number of benzene rings is 1. The van der Waals surface area contributed by atoms with Gasteiger partial charge in [0.2, 0.25) is 10.0 Å². The van der Waals surface area contributed by atoms with Gasteiger partial charge in [0.25, 0.3) is 5.89 Å². The molecule has 8 heteroatoms. The van der Waals surface area contributed by atoms with Gasteiger partial charge in [0.1, 0.15) is 0 Å². The normalized spacial score (nSPS) is 17.4. The van der Waals surface area contributed by atoms with Crippen molar-refractivity contribution in [2.75, 3.05) is 7.05 Å². The van der Waals surface area contributed by atoms with Crippen molar-refractivity contribution in [3.05, 3.63) is 30.1 Å². The Morgan fingerprint density at radius 3 is 2.48 bits per heavy atom. The zero-order chi connectivity index (χ0) is 15.1. The van der Waals surface area contributed by atoms with Gasteiger partial charge in [-0.25, -0.2) is 13.1 Å². The van der Waals surface area contributed by atoms with Crippen molar-refractivity contribution in [1.29, 1.82) is 0 Å². The van der Waals surface area contributed by atoms with Crippen LogP contribution in [0.5, 0.6) is 0 Å². The van der Waals surface area contributed by atoms with Gasteiger partial charge in [-0.1, -0.05) is 5.16 Å². The molecule has 1 aromatic carbocycles. The Balaban J connectivity index is 1.88. The molecule has 0 amide bonds. The number of nitrogens with two attached hydrogens (primary N) is 1. The highest BCUT2D eigenvalue weighted by Gasteiger charge is 2.39. The molecule has 7 nitrogen and oxygen atoms in total. The van der Waals surface area contributed by atoms with Crippen LogP contribution in [0.1, 0.15) is 25.1 Å². The topological polar surface area (TPSA) is 111 Å². The first-order valence-corrected chi connectivity index (χ1v) is 8.10. The summed E-state index contributed by atoms with van der Waals surface area (Å²) in [6, 6.07) is 6.25. The lowest BCUT2D eigenvalue weighted by atomic mass is 9.77. The standard InChI is InChI=1S/C13H16N4O3S/c1-15-21(18,19)10-5-3-9(4-6-10)11-16-12(17-20-11)13(14)7-2-8-13/h3-6,15H,2,7-8,14H2,1H3. The smallest absolute Gasteiger partial charge is 0.257 e. The van der Waals surface area contributed by atoms with E-state index in [1.165, 1.54) is 19.2 Å². The van der Waals surface area contributed by atoms with Crippen molar-refractivity contribution in [2.24, 2.45) is 5.73 Å². The Kier molecular flexibility index (Phi) is 3.31. The summed E-state index contributed by atoms with van der Waals surface area (Å²) in [5, 5.41) is 3.93. The predicted octanol–water partition coefficient (Wildman–Crippen LogP) is 0.983. The fourth-order valence-corrected chi connectivity index (χ4v) is 2.95. The Bertz CT molecular complexity index is 748. The minimum Gasteiger partial charge on any atom is -0.334 e. The predicted molar refractivity (Wildman–Crippen MR) is 75.7 cm³/mol. The fraction of sp³-hybridized carbons (Fsp3) is 0.385. The number of nitrogens with zero attached hydrogens (tertiary/aromatic N) is 2. The quantitative estimate of drug-likeness (QED) is 0.871. The number of nitrogens with one attached hydrogen (secondary N) is 1. The van der Waals surface area contributed by atoms with E-state index in [9.17, 15) is 8.42 Å². The molecule has 112 valence electrons. The lowest BCUT2D eigenvalue weighted by molar-refractivity contribution is 0.229. The number of rotatable bonds is 4. The Morgan fingerprint density at radius 1 is 1.29 bits per heavy atom. The highest BCUT2D eigenvalue weighted by molar-refractivity contribution is 7.89. The Hall–Kier alpha value is -1.77. The average Bonchev–Trinajstić information content (AvgIpc) is 2.95. The maximum atomic E-state index is 11.7. The molecule has 2 aromatic rings. The molecule has 1 aliphatic rings. The SMILES string of the molecule is CNS(=O)(=O)c1ccc(-c2nc(C3(N)CCC3)no2)cc1. The molecule has 0 unspecified atom stereocenters. The molecular weight excluding hydrogens is 292 g/mol. The molecule has 0 saturated heterocycles. The van der Waals surface area contributed by atoms with Crippen LogP contribution in [0.2, 0.25) is 0 Å². The van der Waals surface area contributed by atoms with E-state index in [4.69, 9.17) is 10.3 Å². The maximum Gasteiger partial charge on any atom is 0.257 e. The molecule has 3 rings (SSSR count). The molecule has 3 N–H and O–H groups in total. The summed E-state index contributed by atoms with van der Waals surface area (Å²) in [5.74, 6) is 0.853. The zero-order valence-electron chi connectivity index (χ0n) is 11.5. The van der Waals surface area contributed by atoms with Gasteiger partial charge in [0, 0.05) is 5.56 Å². The molecule has 1 fully saturated rings. The summed E-state index contributed by atoms with van der Waals surface area (Å²) < 4.78 is 30.8. The second kappa shape index (κ2) is 4.90. The molecule has 0 radical (unpaired) electrons. The van der Waals surface area contributed by atoms with Crippen molar-refractivity contribution >= 4 is 10.0 Å². The first-order valence-electron chi connectivity index (χ1n) is 6.62. The van der Waals surface area contributed by atoms with Gasteiger partial charge in [-0.3, -0.25) is 0 Å². The minimum absolute atomic E-state index is 0.183. The second-order valence-electron chi connectivity index (χ2n) is 5.16. The second-order valence-corrected chi connectivity index (χ2v) is 7.05. The van der Waals surface area contributed by atoms with Gasteiger partial charge in [-0.05, 0) is 50.6 Å². The van der Waals surface area contributed by atoms with Gasteiger partial charge < -0.3 is 10.3 Å². The van der Waals surface area contributed by atoms with Crippen LogP contribution in [0.25, 0.3) is 11.5 Å². The van der Waals surface area contributed by atoms with E-state index in [1.54, 1.807) is 12.1 Å².